The Kier molecular flexibility index (Phi) is 3.80. The van der Waals surface area contributed by atoms with Crippen LogP contribution in [0.2, 0.25) is 0 Å². The zero-order valence-corrected chi connectivity index (χ0v) is 8.69. The number of methoxy groups -OCH3 is 1. The number of ether oxygens (including phenoxy) is 1. The minimum atomic E-state index is -1.62. The van der Waals surface area contributed by atoms with Crippen LogP contribution in [-0.2, 0) is 9.53 Å². The van der Waals surface area contributed by atoms with Crippen molar-refractivity contribution in [2.75, 3.05) is 7.11 Å². The summed E-state index contributed by atoms with van der Waals surface area (Å²) < 4.78 is 4.28. The highest BCUT2D eigenvalue weighted by Gasteiger charge is 2.27. The lowest BCUT2D eigenvalue weighted by Gasteiger charge is -2.13. The monoisotopic (exact) mass is 227 g/mol. The molecule has 15 heavy (non-hydrogen) atoms. The number of nitriles is 1. The van der Waals surface area contributed by atoms with Gasteiger partial charge in [-0.25, -0.2) is 4.79 Å². The van der Waals surface area contributed by atoms with Gasteiger partial charge >= 0.3 is 5.97 Å². The van der Waals surface area contributed by atoms with Crippen molar-refractivity contribution < 1.29 is 19.7 Å². The summed E-state index contributed by atoms with van der Waals surface area (Å²) in [7, 11) is 1.12. The highest BCUT2D eigenvalue weighted by Crippen LogP contribution is 2.25. The summed E-state index contributed by atoms with van der Waals surface area (Å²) in [5.41, 5.74) is 0. The molecule has 1 rings (SSSR count). The van der Waals surface area contributed by atoms with Gasteiger partial charge in [-0.2, -0.15) is 5.26 Å². The summed E-state index contributed by atoms with van der Waals surface area (Å²) in [6.07, 6.45) is -2.98. The van der Waals surface area contributed by atoms with Crippen LogP contribution in [-0.4, -0.2) is 29.4 Å². The van der Waals surface area contributed by atoms with Gasteiger partial charge in [0, 0.05) is 4.88 Å². The Labute approximate surface area is 90.2 Å². The van der Waals surface area contributed by atoms with Gasteiger partial charge in [0.15, 0.2) is 6.10 Å². The third-order valence-corrected chi connectivity index (χ3v) is 2.83. The summed E-state index contributed by atoms with van der Waals surface area (Å²) in [4.78, 5) is 11.7. The standard InChI is InChI=1S/C9H9NO4S/c1-14-9(13)8(12)7(11)6-3-2-5(4-10)15-6/h2-3,7-8,11-12H,1H3. The average molecular weight is 227 g/mol. The van der Waals surface area contributed by atoms with Gasteiger partial charge in [0.2, 0.25) is 0 Å². The first-order valence-electron chi connectivity index (χ1n) is 4.04. The van der Waals surface area contributed by atoms with Crippen LogP contribution >= 0.6 is 11.3 Å². The van der Waals surface area contributed by atoms with Gasteiger partial charge in [-0.05, 0) is 12.1 Å². The number of hydrogen-bond donors (Lipinski definition) is 2. The van der Waals surface area contributed by atoms with Crippen LogP contribution in [0.1, 0.15) is 15.9 Å². The molecular formula is C9H9NO4S. The first kappa shape index (κ1) is 11.7. The van der Waals surface area contributed by atoms with Gasteiger partial charge in [-0.3, -0.25) is 0 Å². The van der Waals surface area contributed by atoms with Crippen molar-refractivity contribution in [2.45, 2.75) is 12.2 Å². The minimum Gasteiger partial charge on any atom is -0.467 e. The van der Waals surface area contributed by atoms with Crippen molar-refractivity contribution in [3.8, 4) is 6.07 Å². The molecule has 0 radical (unpaired) electrons. The molecule has 0 aliphatic rings. The maximum Gasteiger partial charge on any atom is 0.337 e. The van der Waals surface area contributed by atoms with E-state index in [4.69, 9.17) is 5.26 Å². The zero-order valence-electron chi connectivity index (χ0n) is 7.88. The third kappa shape index (κ3) is 2.53. The molecule has 80 valence electrons. The van der Waals surface area contributed by atoms with Crippen molar-refractivity contribution in [3.05, 3.63) is 21.9 Å². The van der Waals surface area contributed by atoms with Crippen LogP contribution in [0.3, 0.4) is 0 Å². The molecule has 1 aromatic rings. The van der Waals surface area contributed by atoms with E-state index in [1.807, 2.05) is 6.07 Å². The van der Waals surface area contributed by atoms with Gasteiger partial charge in [-0.1, -0.05) is 0 Å². The molecule has 0 bridgehead atoms. The molecule has 1 aromatic heterocycles. The molecule has 0 aromatic carbocycles. The number of carbonyl (C=O) groups excluding carboxylic acids is 1. The topological polar surface area (TPSA) is 90.6 Å². The van der Waals surface area contributed by atoms with Gasteiger partial charge in [0.1, 0.15) is 17.1 Å². The molecule has 0 saturated carbocycles. The molecule has 0 aliphatic carbocycles. The second-order valence-corrected chi connectivity index (χ2v) is 3.84. The van der Waals surface area contributed by atoms with Crippen LogP contribution in [0.25, 0.3) is 0 Å². The summed E-state index contributed by atoms with van der Waals surface area (Å²) in [6.45, 7) is 0. The molecule has 0 amide bonds. The molecule has 1 heterocycles. The second-order valence-electron chi connectivity index (χ2n) is 2.73. The fourth-order valence-electron chi connectivity index (χ4n) is 0.977. The molecular weight excluding hydrogens is 218 g/mol. The third-order valence-electron chi connectivity index (χ3n) is 1.77. The van der Waals surface area contributed by atoms with E-state index < -0.39 is 18.2 Å². The molecule has 2 unspecified atom stereocenters. The van der Waals surface area contributed by atoms with E-state index in [2.05, 4.69) is 4.74 Å². The van der Waals surface area contributed by atoms with Gasteiger partial charge in [-0.15, -0.1) is 11.3 Å². The summed E-state index contributed by atoms with van der Waals surface area (Å²) >= 11 is 1.02. The fourth-order valence-corrected chi connectivity index (χ4v) is 1.80. The van der Waals surface area contributed by atoms with Crippen LogP contribution in [0.4, 0.5) is 0 Å². The Hall–Kier alpha value is -1.42. The van der Waals surface area contributed by atoms with E-state index in [9.17, 15) is 15.0 Å². The smallest absolute Gasteiger partial charge is 0.337 e. The Morgan fingerprint density at radius 3 is 2.73 bits per heavy atom. The maximum atomic E-state index is 10.9. The molecule has 5 nitrogen and oxygen atoms in total. The van der Waals surface area contributed by atoms with E-state index in [1.54, 1.807) is 0 Å². The number of aliphatic hydroxyl groups is 2. The van der Waals surface area contributed by atoms with E-state index in [0.717, 1.165) is 18.4 Å². The largest absolute Gasteiger partial charge is 0.467 e. The number of carbonyl (C=O) groups is 1. The number of esters is 1. The summed E-state index contributed by atoms with van der Waals surface area (Å²) in [6, 6.07) is 4.89. The van der Waals surface area contributed by atoms with Crippen LogP contribution in [0.5, 0.6) is 0 Å². The summed E-state index contributed by atoms with van der Waals surface area (Å²) in [5, 5.41) is 27.4. The average Bonchev–Trinajstić information content (AvgIpc) is 2.74. The van der Waals surface area contributed by atoms with Gasteiger partial charge in [0.05, 0.1) is 7.11 Å². The normalized spacial score (nSPS) is 14.0. The Balaban J connectivity index is 2.80. The fraction of sp³-hybridized carbons (Fsp3) is 0.333. The number of rotatable bonds is 3. The van der Waals surface area contributed by atoms with Crippen LogP contribution in [0, 0.1) is 11.3 Å². The molecule has 2 atom stereocenters. The number of aliphatic hydroxyl groups excluding tert-OH is 2. The molecule has 6 heteroatoms. The van der Waals surface area contributed by atoms with Crippen molar-refractivity contribution in [3.63, 3.8) is 0 Å². The zero-order chi connectivity index (χ0) is 11.4. The van der Waals surface area contributed by atoms with Gasteiger partial charge < -0.3 is 14.9 Å². The van der Waals surface area contributed by atoms with Gasteiger partial charge in [0.25, 0.3) is 0 Å². The lowest BCUT2D eigenvalue weighted by molar-refractivity contribution is -0.156. The first-order chi connectivity index (χ1) is 7.10. The molecule has 0 spiro atoms. The predicted molar refractivity (Wildman–Crippen MR) is 52.0 cm³/mol. The number of nitrogens with zero attached hydrogens (tertiary/aromatic N) is 1. The quantitative estimate of drug-likeness (QED) is 0.719. The number of thiophene rings is 1. The van der Waals surface area contributed by atoms with E-state index in [0.29, 0.717) is 9.75 Å². The first-order valence-corrected chi connectivity index (χ1v) is 4.85. The SMILES string of the molecule is COC(=O)C(O)C(O)c1ccc(C#N)s1. The molecule has 2 N–H and O–H groups in total. The highest BCUT2D eigenvalue weighted by molar-refractivity contribution is 7.12. The predicted octanol–water partition coefficient (Wildman–Crippen LogP) is 0.187. The lowest BCUT2D eigenvalue weighted by atomic mass is 10.2. The minimum absolute atomic E-state index is 0.351. The van der Waals surface area contributed by atoms with Crippen molar-refractivity contribution in [1.82, 2.24) is 0 Å². The lowest BCUT2D eigenvalue weighted by Crippen LogP contribution is -2.28. The summed E-state index contributed by atoms with van der Waals surface area (Å²) in [5.74, 6) is -0.908. The van der Waals surface area contributed by atoms with E-state index in [-0.39, 0.29) is 0 Å². The molecule has 0 fully saturated rings. The molecule has 0 aliphatic heterocycles. The highest BCUT2D eigenvalue weighted by atomic mass is 32.1. The molecule has 0 saturated heterocycles. The van der Waals surface area contributed by atoms with Crippen molar-refractivity contribution in [1.29, 1.82) is 5.26 Å². The Morgan fingerprint density at radius 2 is 2.27 bits per heavy atom. The van der Waals surface area contributed by atoms with Crippen molar-refractivity contribution in [2.24, 2.45) is 0 Å². The Morgan fingerprint density at radius 1 is 1.60 bits per heavy atom. The number of hydrogen-bond acceptors (Lipinski definition) is 6. The second kappa shape index (κ2) is 4.89. The van der Waals surface area contributed by atoms with Crippen LogP contribution < -0.4 is 0 Å². The van der Waals surface area contributed by atoms with E-state index in [1.165, 1.54) is 12.1 Å². The van der Waals surface area contributed by atoms with Crippen molar-refractivity contribution >= 4 is 17.3 Å². The maximum absolute atomic E-state index is 10.9. The van der Waals surface area contributed by atoms with Crippen LogP contribution in [0.15, 0.2) is 12.1 Å². The Bertz CT molecular complexity index is 395. The van der Waals surface area contributed by atoms with E-state index >= 15 is 0 Å².